The predicted molar refractivity (Wildman–Crippen MR) is 143 cm³/mol. The maximum atomic E-state index is 12.4. The van der Waals surface area contributed by atoms with Crippen LogP contribution in [0.4, 0.5) is 5.69 Å². The number of benzene rings is 2. The van der Waals surface area contributed by atoms with Crippen LogP contribution in [0.2, 0.25) is 0 Å². The first-order valence-electron chi connectivity index (χ1n) is 12.0. The van der Waals surface area contributed by atoms with E-state index in [2.05, 4.69) is 37.1 Å². The molecule has 2 aromatic carbocycles. The fourth-order valence-corrected chi connectivity index (χ4v) is 4.10. The molecule has 0 aliphatic carbocycles. The molecule has 1 saturated heterocycles. The van der Waals surface area contributed by atoms with Gasteiger partial charge in [-0.05, 0) is 90.5 Å². The highest BCUT2D eigenvalue weighted by atomic mass is 79.9. The van der Waals surface area contributed by atoms with Gasteiger partial charge in [-0.15, -0.1) is 0 Å². The summed E-state index contributed by atoms with van der Waals surface area (Å²) in [4.78, 5) is 36.3. The molecule has 0 aromatic heterocycles. The smallest absolute Gasteiger partial charge is 0.329 e. The Labute approximate surface area is 224 Å². The van der Waals surface area contributed by atoms with Crippen LogP contribution in [0.5, 0.6) is 11.5 Å². The Bertz CT molecular complexity index is 1160. The lowest BCUT2D eigenvalue weighted by Crippen LogP contribution is -2.41. The number of nitrogens with one attached hydrogen (secondary N) is 3. The number of hydrazone groups is 1. The van der Waals surface area contributed by atoms with Crippen LogP contribution < -0.4 is 25.5 Å². The van der Waals surface area contributed by atoms with Gasteiger partial charge in [0, 0.05) is 18.8 Å². The summed E-state index contributed by atoms with van der Waals surface area (Å²) in [5, 5.41) is 9.20. The fraction of sp³-hybridized carbons (Fsp3) is 0.385. The second kappa shape index (κ2) is 13.8. The summed E-state index contributed by atoms with van der Waals surface area (Å²) in [5.41, 5.74) is 5.68. The van der Waals surface area contributed by atoms with E-state index in [0.717, 1.165) is 24.0 Å². The van der Waals surface area contributed by atoms with E-state index < -0.39 is 11.8 Å². The number of hydrogen-bond acceptors (Lipinski definition) is 7. The Hall–Kier alpha value is -3.44. The lowest BCUT2D eigenvalue weighted by Gasteiger charge is -2.15. The summed E-state index contributed by atoms with van der Waals surface area (Å²) in [7, 11) is 0. The second-order valence-corrected chi connectivity index (χ2v) is 9.30. The van der Waals surface area contributed by atoms with E-state index in [1.807, 2.05) is 39.0 Å². The van der Waals surface area contributed by atoms with Gasteiger partial charge in [0.1, 0.15) is 0 Å². The zero-order valence-electron chi connectivity index (χ0n) is 21.1. The SMILES string of the molecule is CCOc1cc(/C=N\NC(=O)C(=O)NC[C@@H]2CCCO2)cc(Br)c1OCC(=O)Nc1ccc(C)c(C)c1. The number of halogens is 1. The van der Waals surface area contributed by atoms with Crippen molar-refractivity contribution in [3.8, 4) is 11.5 Å². The van der Waals surface area contributed by atoms with Crippen LogP contribution in [0.25, 0.3) is 0 Å². The van der Waals surface area contributed by atoms with Crippen LogP contribution in [-0.4, -0.2) is 56.4 Å². The molecule has 0 saturated carbocycles. The van der Waals surface area contributed by atoms with Crippen molar-refractivity contribution in [3.63, 3.8) is 0 Å². The first kappa shape index (κ1) is 28.1. The summed E-state index contributed by atoms with van der Waals surface area (Å²) < 4.78 is 17.4. The number of ether oxygens (including phenoxy) is 3. The number of carbonyl (C=O) groups is 3. The second-order valence-electron chi connectivity index (χ2n) is 8.44. The van der Waals surface area contributed by atoms with E-state index in [1.165, 1.54) is 6.21 Å². The van der Waals surface area contributed by atoms with Gasteiger partial charge in [0.2, 0.25) is 0 Å². The quantitative estimate of drug-likeness (QED) is 0.227. The molecular weight excluding hydrogens is 544 g/mol. The van der Waals surface area contributed by atoms with Crippen LogP contribution >= 0.6 is 15.9 Å². The minimum atomic E-state index is -0.881. The van der Waals surface area contributed by atoms with Gasteiger partial charge in [-0.3, -0.25) is 14.4 Å². The number of amides is 3. The van der Waals surface area contributed by atoms with Gasteiger partial charge in [-0.25, -0.2) is 5.43 Å². The van der Waals surface area contributed by atoms with Crippen LogP contribution in [0, 0.1) is 13.8 Å². The lowest BCUT2D eigenvalue weighted by atomic mass is 10.1. The molecule has 1 aliphatic rings. The highest BCUT2D eigenvalue weighted by Crippen LogP contribution is 2.36. The van der Waals surface area contributed by atoms with Crippen molar-refractivity contribution >= 4 is 45.6 Å². The third-order valence-electron chi connectivity index (χ3n) is 5.57. The zero-order chi connectivity index (χ0) is 26.8. The van der Waals surface area contributed by atoms with Crippen LogP contribution in [0.15, 0.2) is 39.9 Å². The van der Waals surface area contributed by atoms with Crippen molar-refractivity contribution in [2.24, 2.45) is 5.10 Å². The monoisotopic (exact) mass is 574 g/mol. The molecule has 1 fully saturated rings. The molecule has 0 bridgehead atoms. The molecule has 0 spiro atoms. The van der Waals surface area contributed by atoms with Crippen molar-refractivity contribution in [2.45, 2.75) is 39.7 Å². The van der Waals surface area contributed by atoms with Gasteiger partial charge >= 0.3 is 11.8 Å². The van der Waals surface area contributed by atoms with E-state index in [4.69, 9.17) is 14.2 Å². The molecule has 0 radical (unpaired) electrons. The van der Waals surface area contributed by atoms with Crippen molar-refractivity contribution in [2.75, 3.05) is 31.7 Å². The van der Waals surface area contributed by atoms with E-state index in [0.29, 0.717) is 40.4 Å². The standard InChI is InChI=1S/C26H31BrN4O6/c1-4-35-22-12-18(13-29-31-26(34)25(33)28-14-20-6-5-9-36-20)11-21(27)24(22)37-15-23(32)30-19-8-7-16(2)17(3)10-19/h7-8,10-13,20H,4-6,9,14-15H2,1-3H3,(H,28,33)(H,30,32)(H,31,34)/b29-13-/t20-/m0/s1. The van der Waals surface area contributed by atoms with E-state index in [1.54, 1.807) is 12.1 Å². The Morgan fingerprint density at radius 1 is 1.14 bits per heavy atom. The number of aryl methyl sites for hydroxylation is 2. The minimum absolute atomic E-state index is 0.0619. The molecule has 1 heterocycles. The summed E-state index contributed by atoms with van der Waals surface area (Å²) in [6.45, 7) is 6.88. The summed E-state index contributed by atoms with van der Waals surface area (Å²) in [6, 6.07) is 9.01. The Balaban J connectivity index is 1.57. The minimum Gasteiger partial charge on any atom is -0.490 e. The molecule has 10 nitrogen and oxygen atoms in total. The first-order chi connectivity index (χ1) is 17.8. The highest BCUT2D eigenvalue weighted by Gasteiger charge is 2.19. The molecular formula is C26H31BrN4O6. The largest absolute Gasteiger partial charge is 0.490 e. The van der Waals surface area contributed by atoms with Crippen LogP contribution in [0.3, 0.4) is 0 Å². The number of nitrogens with zero attached hydrogens (tertiary/aromatic N) is 1. The molecule has 3 rings (SSSR count). The molecule has 1 atom stereocenters. The molecule has 11 heteroatoms. The van der Waals surface area contributed by atoms with Crippen molar-refractivity contribution in [3.05, 3.63) is 51.5 Å². The number of hydrogen-bond donors (Lipinski definition) is 3. The Morgan fingerprint density at radius 2 is 1.95 bits per heavy atom. The average Bonchev–Trinajstić information content (AvgIpc) is 3.38. The normalized spacial score (nSPS) is 14.9. The molecule has 0 unspecified atom stereocenters. The maximum absolute atomic E-state index is 12.4. The topological polar surface area (TPSA) is 127 Å². The molecule has 198 valence electrons. The Kier molecular flexibility index (Phi) is 10.5. The van der Waals surface area contributed by atoms with Crippen molar-refractivity contribution in [1.82, 2.24) is 10.7 Å². The highest BCUT2D eigenvalue weighted by molar-refractivity contribution is 9.10. The van der Waals surface area contributed by atoms with Gasteiger partial charge in [-0.2, -0.15) is 5.10 Å². The summed E-state index contributed by atoms with van der Waals surface area (Å²) in [5.74, 6) is -1.24. The molecule has 2 aromatic rings. The third kappa shape index (κ3) is 8.57. The summed E-state index contributed by atoms with van der Waals surface area (Å²) >= 11 is 3.44. The molecule has 3 N–H and O–H groups in total. The zero-order valence-corrected chi connectivity index (χ0v) is 22.6. The first-order valence-corrected chi connectivity index (χ1v) is 12.7. The van der Waals surface area contributed by atoms with Gasteiger partial charge in [0.15, 0.2) is 18.1 Å². The van der Waals surface area contributed by atoms with Crippen molar-refractivity contribution < 1.29 is 28.6 Å². The van der Waals surface area contributed by atoms with Crippen LogP contribution in [0.1, 0.15) is 36.5 Å². The van der Waals surface area contributed by atoms with Gasteiger partial charge < -0.3 is 24.8 Å². The number of carbonyl (C=O) groups excluding carboxylic acids is 3. The summed E-state index contributed by atoms with van der Waals surface area (Å²) in [6.07, 6.45) is 3.11. The Morgan fingerprint density at radius 3 is 2.65 bits per heavy atom. The van der Waals surface area contributed by atoms with Gasteiger partial charge in [-0.1, -0.05) is 6.07 Å². The van der Waals surface area contributed by atoms with E-state index in [9.17, 15) is 14.4 Å². The van der Waals surface area contributed by atoms with Gasteiger partial charge in [0.25, 0.3) is 5.91 Å². The number of rotatable bonds is 10. The third-order valence-corrected chi connectivity index (χ3v) is 6.16. The van der Waals surface area contributed by atoms with E-state index >= 15 is 0 Å². The molecule has 37 heavy (non-hydrogen) atoms. The van der Waals surface area contributed by atoms with Gasteiger partial charge in [0.05, 0.1) is 23.4 Å². The van der Waals surface area contributed by atoms with E-state index in [-0.39, 0.29) is 25.2 Å². The predicted octanol–water partition coefficient (Wildman–Crippen LogP) is 3.23. The molecule has 3 amide bonds. The average molecular weight is 575 g/mol. The van der Waals surface area contributed by atoms with Crippen LogP contribution in [-0.2, 0) is 19.1 Å². The fourth-order valence-electron chi connectivity index (χ4n) is 3.53. The van der Waals surface area contributed by atoms with Crippen molar-refractivity contribution in [1.29, 1.82) is 0 Å². The maximum Gasteiger partial charge on any atom is 0.329 e. The lowest BCUT2D eigenvalue weighted by molar-refractivity contribution is -0.139. The molecule has 1 aliphatic heterocycles. The number of anilines is 1.